The first-order valence-electron chi connectivity index (χ1n) is 6.03. The van der Waals surface area contributed by atoms with Crippen LogP contribution >= 0.6 is 11.3 Å². The molecule has 0 radical (unpaired) electrons. The summed E-state index contributed by atoms with van der Waals surface area (Å²) in [5.74, 6) is 6.02. The number of carbonyl (C=O) groups is 1. The van der Waals surface area contributed by atoms with Crippen LogP contribution in [0.4, 0.5) is 0 Å². The van der Waals surface area contributed by atoms with Crippen LogP contribution < -0.4 is 5.32 Å². The quantitative estimate of drug-likeness (QED) is 0.715. The topological polar surface area (TPSA) is 90.9 Å². The largest absolute Gasteiger partial charge is 0.384 e. The summed E-state index contributed by atoms with van der Waals surface area (Å²) < 4.78 is 0. The molecule has 3 N–H and O–H groups in total. The molecule has 20 heavy (non-hydrogen) atoms. The van der Waals surface area contributed by atoms with Crippen LogP contribution in [0.1, 0.15) is 25.9 Å². The highest BCUT2D eigenvalue weighted by Crippen LogP contribution is 2.20. The van der Waals surface area contributed by atoms with Crippen LogP contribution in [0.15, 0.2) is 12.4 Å². The smallest absolute Gasteiger partial charge is 0.261 e. The molecule has 2 aromatic rings. The molecule has 0 unspecified atom stereocenters. The molecule has 0 aliphatic carbocycles. The fourth-order valence-electron chi connectivity index (χ4n) is 1.57. The van der Waals surface area contributed by atoms with Gasteiger partial charge in [0.25, 0.3) is 5.91 Å². The van der Waals surface area contributed by atoms with Crippen LogP contribution in [0, 0.1) is 18.8 Å². The minimum absolute atomic E-state index is 0.130. The van der Waals surface area contributed by atoms with Gasteiger partial charge in [-0.3, -0.25) is 9.89 Å². The first-order chi connectivity index (χ1) is 9.70. The van der Waals surface area contributed by atoms with Gasteiger partial charge in [0.05, 0.1) is 9.75 Å². The van der Waals surface area contributed by atoms with Crippen molar-refractivity contribution in [1.82, 2.24) is 20.5 Å². The predicted octanol–water partition coefficient (Wildman–Crippen LogP) is 0.491. The Kier molecular flexibility index (Phi) is 4.87. The van der Waals surface area contributed by atoms with Crippen molar-refractivity contribution in [3.8, 4) is 11.8 Å². The summed E-state index contributed by atoms with van der Waals surface area (Å²) in [6, 6.07) is 1.80. The highest BCUT2D eigenvalue weighted by atomic mass is 32.1. The van der Waals surface area contributed by atoms with Crippen molar-refractivity contribution in [2.45, 2.75) is 13.3 Å². The van der Waals surface area contributed by atoms with Gasteiger partial charge in [0.2, 0.25) is 0 Å². The maximum Gasteiger partial charge on any atom is 0.261 e. The number of aliphatic hydroxyl groups excluding tert-OH is 1. The summed E-state index contributed by atoms with van der Waals surface area (Å²) in [6.07, 6.45) is 2.04. The van der Waals surface area contributed by atoms with Crippen molar-refractivity contribution in [3.05, 3.63) is 33.5 Å². The normalized spacial score (nSPS) is 9.90. The number of nitrogens with zero attached hydrogens (tertiary/aromatic N) is 2. The number of carbonyl (C=O) groups excluding carboxylic acids is 1. The van der Waals surface area contributed by atoms with Gasteiger partial charge in [0.1, 0.15) is 18.8 Å². The monoisotopic (exact) mass is 290 g/mol. The Labute approximate surface area is 120 Å². The van der Waals surface area contributed by atoms with Crippen molar-refractivity contribution in [2.24, 2.45) is 0 Å². The van der Waals surface area contributed by atoms with E-state index < -0.39 is 0 Å². The van der Waals surface area contributed by atoms with Gasteiger partial charge < -0.3 is 10.4 Å². The summed E-state index contributed by atoms with van der Waals surface area (Å²) in [4.78, 5) is 17.4. The zero-order valence-electron chi connectivity index (χ0n) is 10.9. The van der Waals surface area contributed by atoms with E-state index in [1.807, 2.05) is 6.92 Å². The Hall–Kier alpha value is -2.17. The molecule has 0 saturated carbocycles. The molecule has 6 nitrogen and oxygen atoms in total. The van der Waals surface area contributed by atoms with Gasteiger partial charge in [-0.25, -0.2) is 4.98 Å². The zero-order chi connectivity index (χ0) is 14.4. The molecule has 0 bridgehead atoms. The molecule has 0 atom stereocenters. The molecule has 104 valence electrons. The predicted molar refractivity (Wildman–Crippen MR) is 75.4 cm³/mol. The van der Waals surface area contributed by atoms with E-state index >= 15 is 0 Å². The van der Waals surface area contributed by atoms with Crippen molar-refractivity contribution < 1.29 is 9.90 Å². The lowest BCUT2D eigenvalue weighted by molar-refractivity contribution is 0.0958. The number of hydrogen-bond acceptors (Lipinski definition) is 5. The molecule has 0 spiro atoms. The lowest BCUT2D eigenvalue weighted by Gasteiger charge is -2.00. The third kappa shape index (κ3) is 3.66. The molecular formula is C13H14N4O2S. The Balaban J connectivity index is 1.92. The first-order valence-corrected chi connectivity index (χ1v) is 6.85. The van der Waals surface area contributed by atoms with E-state index in [2.05, 4.69) is 32.3 Å². The number of thiophene rings is 1. The van der Waals surface area contributed by atoms with Crippen LogP contribution in [-0.2, 0) is 6.42 Å². The molecular weight excluding hydrogens is 276 g/mol. The molecule has 0 aliphatic heterocycles. The molecule has 7 heteroatoms. The summed E-state index contributed by atoms with van der Waals surface area (Å²) >= 11 is 1.32. The molecule has 0 fully saturated rings. The van der Waals surface area contributed by atoms with Gasteiger partial charge in [0.15, 0.2) is 0 Å². The van der Waals surface area contributed by atoms with E-state index in [4.69, 9.17) is 5.11 Å². The molecule has 1 amide bonds. The molecule has 2 heterocycles. The second-order valence-electron chi connectivity index (χ2n) is 4.02. The van der Waals surface area contributed by atoms with Gasteiger partial charge in [-0.1, -0.05) is 11.8 Å². The highest BCUT2D eigenvalue weighted by Gasteiger charge is 2.11. The first kappa shape index (κ1) is 14.2. The van der Waals surface area contributed by atoms with Crippen LogP contribution in [0.5, 0.6) is 0 Å². The summed E-state index contributed by atoms with van der Waals surface area (Å²) in [6.45, 7) is 2.20. The van der Waals surface area contributed by atoms with Crippen LogP contribution in [0.3, 0.4) is 0 Å². The summed E-state index contributed by atoms with van der Waals surface area (Å²) in [7, 11) is 0. The van der Waals surface area contributed by atoms with Crippen molar-refractivity contribution in [2.75, 3.05) is 13.2 Å². The minimum Gasteiger partial charge on any atom is -0.384 e. The maximum absolute atomic E-state index is 12.0. The number of H-pyrrole nitrogens is 1. The number of hydrogen-bond donors (Lipinski definition) is 3. The van der Waals surface area contributed by atoms with E-state index in [1.165, 1.54) is 17.7 Å². The Bertz CT molecular complexity index is 637. The second-order valence-corrected chi connectivity index (χ2v) is 5.07. The van der Waals surface area contributed by atoms with E-state index in [0.717, 1.165) is 16.3 Å². The van der Waals surface area contributed by atoms with Gasteiger partial charge in [-0.05, 0) is 18.6 Å². The number of aromatic amines is 1. The van der Waals surface area contributed by atoms with Gasteiger partial charge in [0, 0.05) is 13.0 Å². The van der Waals surface area contributed by atoms with E-state index in [-0.39, 0.29) is 12.5 Å². The molecule has 0 aliphatic rings. The third-order valence-corrected chi connectivity index (χ3v) is 3.69. The van der Waals surface area contributed by atoms with E-state index in [0.29, 0.717) is 17.8 Å². The summed E-state index contributed by atoms with van der Waals surface area (Å²) in [5, 5.41) is 18.0. The molecule has 0 saturated heterocycles. The molecule has 2 rings (SSSR count). The number of aromatic nitrogens is 3. The number of aryl methyl sites for hydroxylation is 1. The van der Waals surface area contributed by atoms with Crippen LogP contribution in [-0.4, -0.2) is 39.3 Å². The third-order valence-electron chi connectivity index (χ3n) is 2.53. The van der Waals surface area contributed by atoms with Gasteiger partial charge in [-0.2, -0.15) is 5.10 Å². The van der Waals surface area contributed by atoms with Crippen molar-refractivity contribution in [1.29, 1.82) is 0 Å². The Morgan fingerprint density at radius 1 is 1.60 bits per heavy atom. The van der Waals surface area contributed by atoms with Crippen molar-refractivity contribution >= 4 is 17.2 Å². The average molecular weight is 290 g/mol. The number of rotatable bonds is 4. The zero-order valence-corrected chi connectivity index (χ0v) is 11.8. The fraction of sp³-hybridized carbons (Fsp3) is 0.308. The van der Waals surface area contributed by atoms with Crippen molar-refractivity contribution in [3.63, 3.8) is 0 Å². The van der Waals surface area contributed by atoms with Crippen LogP contribution in [0.25, 0.3) is 0 Å². The SMILES string of the molecule is Cc1cc(C(=O)NCCc2ncn[nH]2)sc1C#CCO. The Morgan fingerprint density at radius 3 is 3.15 bits per heavy atom. The standard InChI is InChI=1S/C13H14N4O2S/c1-9-7-11(20-10(9)3-2-6-18)13(19)14-5-4-12-15-8-16-17-12/h7-8,18H,4-6H2,1H3,(H,14,19)(H,15,16,17). The van der Waals surface area contributed by atoms with Crippen LogP contribution in [0.2, 0.25) is 0 Å². The minimum atomic E-state index is -0.184. The fourth-order valence-corrected chi connectivity index (χ4v) is 2.53. The highest BCUT2D eigenvalue weighted by molar-refractivity contribution is 7.14. The van der Waals surface area contributed by atoms with Gasteiger partial charge >= 0.3 is 0 Å². The number of amides is 1. The Morgan fingerprint density at radius 2 is 2.45 bits per heavy atom. The van der Waals surface area contributed by atoms with E-state index in [9.17, 15) is 4.79 Å². The molecule has 0 aromatic carbocycles. The average Bonchev–Trinajstić information content (AvgIpc) is 3.06. The van der Waals surface area contributed by atoms with E-state index in [1.54, 1.807) is 6.07 Å². The lowest BCUT2D eigenvalue weighted by Crippen LogP contribution is -2.25. The maximum atomic E-state index is 12.0. The number of aliphatic hydroxyl groups is 1. The second kappa shape index (κ2) is 6.84. The lowest BCUT2D eigenvalue weighted by atomic mass is 10.2. The summed E-state index contributed by atoms with van der Waals surface area (Å²) in [5.41, 5.74) is 0.941. The van der Waals surface area contributed by atoms with Gasteiger partial charge in [-0.15, -0.1) is 11.3 Å². The molecule has 2 aromatic heterocycles. The number of nitrogens with one attached hydrogen (secondary N) is 2.